The molecule has 0 bridgehead atoms. The molecule has 2 rings (SSSR count). The molecule has 0 aliphatic rings. The third-order valence-electron chi connectivity index (χ3n) is 4.31. The van der Waals surface area contributed by atoms with E-state index in [1.165, 1.54) is 11.1 Å². The lowest BCUT2D eigenvalue weighted by atomic mass is 10.0. The van der Waals surface area contributed by atoms with Crippen LogP contribution in [-0.2, 0) is 11.2 Å². The zero-order valence-corrected chi connectivity index (χ0v) is 15.5. The number of ether oxygens (including phenoxy) is 2. The van der Waals surface area contributed by atoms with Gasteiger partial charge in [-0.3, -0.25) is 4.79 Å². The molecular formula is C21H27NO3. The molecule has 0 aliphatic carbocycles. The van der Waals surface area contributed by atoms with Crippen molar-refractivity contribution in [3.05, 3.63) is 59.2 Å². The maximum atomic E-state index is 12.3. The molecule has 0 heterocycles. The molecule has 4 heteroatoms. The van der Waals surface area contributed by atoms with E-state index in [2.05, 4.69) is 43.4 Å². The molecule has 4 nitrogen and oxygen atoms in total. The second-order valence-corrected chi connectivity index (χ2v) is 6.13. The average molecular weight is 341 g/mol. The van der Waals surface area contributed by atoms with Crippen molar-refractivity contribution in [1.82, 2.24) is 5.32 Å². The lowest BCUT2D eigenvalue weighted by Crippen LogP contribution is -2.28. The molecule has 0 saturated carbocycles. The summed E-state index contributed by atoms with van der Waals surface area (Å²) in [4.78, 5) is 12.3. The predicted molar refractivity (Wildman–Crippen MR) is 100 cm³/mol. The minimum Gasteiger partial charge on any atom is -0.493 e. The van der Waals surface area contributed by atoms with Gasteiger partial charge in [0.25, 0.3) is 0 Å². The van der Waals surface area contributed by atoms with E-state index in [4.69, 9.17) is 9.47 Å². The van der Waals surface area contributed by atoms with E-state index in [9.17, 15) is 4.79 Å². The fraction of sp³-hybridized carbons (Fsp3) is 0.381. The van der Waals surface area contributed by atoms with Crippen molar-refractivity contribution in [3.8, 4) is 11.5 Å². The number of benzene rings is 2. The van der Waals surface area contributed by atoms with Gasteiger partial charge in [0, 0.05) is 6.42 Å². The number of methoxy groups -OCH3 is 2. The Kier molecular flexibility index (Phi) is 6.87. The van der Waals surface area contributed by atoms with Crippen molar-refractivity contribution in [2.45, 2.75) is 39.2 Å². The first-order chi connectivity index (χ1) is 12.1. The molecule has 0 radical (unpaired) electrons. The molecule has 1 atom stereocenters. The van der Waals surface area contributed by atoms with Gasteiger partial charge in [0.05, 0.1) is 20.3 Å². The van der Waals surface area contributed by atoms with Crippen LogP contribution in [0.4, 0.5) is 0 Å². The molecule has 25 heavy (non-hydrogen) atoms. The standard InChI is InChI=1S/C21H27NO3/c1-5-18(17-11-12-19(24-3)20(14-17)25-4)22-21(23)13-10-16-8-6-15(2)7-9-16/h6-9,11-12,14,18H,5,10,13H2,1-4H3,(H,22,23). The Morgan fingerprint density at radius 3 is 2.32 bits per heavy atom. The molecule has 0 aliphatic heterocycles. The van der Waals surface area contributed by atoms with Gasteiger partial charge in [-0.15, -0.1) is 0 Å². The molecule has 2 aromatic carbocycles. The molecule has 2 aromatic rings. The van der Waals surface area contributed by atoms with Crippen molar-refractivity contribution in [2.24, 2.45) is 0 Å². The molecule has 0 aromatic heterocycles. The summed E-state index contributed by atoms with van der Waals surface area (Å²) in [7, 11) is 3.23. The first kappa shape index (κ1) is 18.8. The van der Waals surface area contributed by atoms with Gasteiger partial charge in [-0.1, -0.05) is 42.8 Å². The Morgan fingerprint density at radius 2 is 1.72 bits per heavy atom. The molecule has 0 fully saturated rings. The molecular weight excluding hydrogens is 314 g/mol. The number of carbonyl (C=O) groups is 1. The number of amides is 1. The van der Waals surface area contributed by atoms with Gasteiger partial charge in [-0.2, -0.15) is 0 Å². The summed E-state index contributed by atoms with van der Waals surface area (Å²) in [5.74, 6) is 1.42. The fourth-order valence-electron chi connectivity index (χ4n) is 2.77. The molecule has 1 amide bonds. The van der Waals surface area contributed by atoms with Gasteiger partial charge in [-0.25, -0.2) is 0 Å². The second-order valence-electron chi connectivity index (χ2n) is 6.13. The highest BCUT2D eigenvalue weighted by Crippen LogP contribution is 2.30. The van der Waals surface area contributed by atoms with E-state index in [0.717, 1.165) is 18.4 Å². The summed E-state index contributed by atoms with van der Waals surface area (Å²) in [6, 6.07) is 14.0. The Labute approximate surface area is 150 Å². The lowest BCUT2D eigenvalue weighted by molar-refractivity contribution is -0.121. The third-order valence-corrected chi connectivity index (χ3v) is 4.31. The number of aryl methyl sites for hydroxylation is 2. The number of rotatable bonds is 8. The fourth-order valence-corrected chi connectivity index (χ4v) is 2.77. The SMILES string of the molecule is CCC(NC(=O)CCc1ccc(C)cc1)c1ccc(OC)c(OC)c1. The van der Waals surface area contributed by atoms with Crippen LogP contribution in [0, 0.1) is 6.92 Å². The van der Waals surface area contributed by atoms with Crippen molar-refractivity contribution in [2.75, 3.05) is 14.2 Å². The lowest BCUT2D eigenvalue weighted by Gasteiger charge is -2.19. The van der Waals surface area contributed by atoms with E-state index < -0.39 is 0 Å². The highest BCUT2D eigenvalue weighted by molar-refractivity contribution is 5.76. The minimum atomic E-state index is -0.0367. The summed E-state index contributed by atoms with van der Waals surface area (Å²) >= 11 is 0. The average Bonchev–Trinajstić information content (AvgIpc) is 2.65. The minimum absolute atomic E-state index is 0.0367. The zero-order chi connectivity index (χ0) is 18.2. The van der Waals surface area contributed by atoms with Crippen molar-refractivity contribution in [3.63, 3.8) is 0 Å². The first-order valence-electron chi connectivity index (χ1n) is 8.64. The van der Waals surface area contributed by atoms with Crippen molar-refractivity contribution in [1.29, 1.82) is 0 Å². The molecule has 1 N–H and O–H groups in total. The highest BCUT2D eigenvalue weighted by atomic mass is 16.5. The monoisotopic (exact) mass is 341 g/mol. The molecule has 134 valence electrons. The summed E-state index contributed by atoms with van der Waals surface area (Å²) in [6.07, 6.45) is 2.03. The molecule has 0 saturated heterocycles. The predicted octanol–water partition coefficient (Wildman–Crippen LogP) is 4.21. The van der Waals surface area contributed by atoms with Crippen molar-refractivity contribution >= 4 is 5.91 Å². The van der Waals surface area contributed by atoms with E-state index in [1.807, 2.05) is 18.2 Å². The van der Waals surface area contributed by atoms with Gasteiger partial charge >= 0.3 is 0 Å². The Balaban J connectivity index is 1.98. The smallest absolute Gasteiger partial charge is 0.220 e. The topological polar surface area (TPSA) is 47.6 Å². The zero-order valence-electron chi connectivity index (χ0n) is 15.5. The van der Waals surface area contributed by atoms with E-state index in [0.29, 0.717) is 17.9 Å². The van der Waals surface area contributed by atoms with E-state index in [1.54, 1.807) is 14.2 Å². The number of carbonyl (C=O) groups excluding carboxylic acids is 1. The first-order valence-corrected chi connectivity index (χ1v) is 8.64. The van der Waals surface area contributed by atoms with E-state index >= 15 is 0 Å². The van der Waals surface area contributed by atoms with Crippen LogP contribution in [0.5, 0.6) is 11.5 Å². The third kappa shape index (κ3) is 5.24. The van der Waals surface area contributed by atoms with Crippen LogP contribution in [0.15, 0.2) is 42.5 Å². The Morgan fingerprint density at radius 1 is 1.04 bits per heavy atom. The van der Waals surface area contributed by atoms with Crippen LogP contribution in [0.25, 0.3) is 0 Å². The summed E-state index contributed by atoms with van der Waals surface area (Å²) in [6.45, 7) is 4.12. The largest absolute Gasteiger partial charge is 0.493 e. The number of nitrogens with one attached hydrogen (secondary N) is 1. The maximum absolute atomic E-state index is 12.3. The van der Waals surface area contributed by atoms with Gasteiger partial charge in [0.2, 0.25) is 5.91 Å². The van der Waals surface area contributed by atoms with Gasteiger partial charge < -0.3 is 14.8 Å². The quantitative estimate of drug-likeness (QED) is 0.782. The highest BCUT2D eigenvalue weighted by Gasteiger charge is 2.15. The Hall–Kier alpha value is -2.49. The maximum Gasteiger partial charge on any atom is 0.220 e. The van der Waals surface area contributed by atoms with Crippen LogP contribution in [0.3, 0.4) is 0 Å². The second kappa shape index (κ2) is 9.11. The summed E-state index contributed by atoms with van der Waals surface area (Å²) < 4.78 is 10.6. The number of hydrogen-bond acceptors (Lipinski definition) is 3. The van der Waals surface area contributed by atoms with Gasteiger partial charge in [-0.05, 0) is 43.0 Å². The normalized spacial score (nSPS) is 11.7. The van der Waals surface area contributed by atoms with Crippen LogP contribution in [0.2, 0.25) is 0 Å². The Bertz CT molecular complexity index is 695. The summed E-state index contributed by atoms with van der Waals surface area (Å²) in [5.41, 5.74) is 3.43. The summed E-state index contributed by atoms with van der Waals surface area (Å²) in [5, 5.41) is 3.12. The molecule has 0 spiro atoms. The van der Waals surface area contributed by atoms with Crippen LogP contribution >= 0.6 is 0 Å². The number of hydrogen-bond donors (Lipinski definition) is 1. The van der Waals surface area contributed by atoms with Crippen LogP contribution in [-0.4, -0.2) is 20.1 Å². The van der Waals surface area contributed by atoms with E-state index in [-0.39, 0.29) is 11.9 Å². The van der Waals surface area contributed by atoms with Crippen molar-refractivity contribution < 1.29 is 14.3 Å². The van der Waals surface area contributed by atoms with Gasteiger partial charge in [0.1, 0.15) is 0 Å². The van der Waals surface area contributed by atoms with Gasteiger partial charge in [0.15, 0.2) is 11.5 Å². The van der Waals surface area contributed by atoms with Crippen LogP contribution in [0.1, 0.15) is 42.5 Å². The van der Waals surface area contributed by atoms with Crippen LogP contribution < -0.4 is 14.8 Å². The molecule has 1 unspecified atom stereocenters.